The molecule has 0 saturated heterocycles. The number of H-pyrrole nitrogens is 1. The maximum atomic E-state index is 12.1. The zero-order valence-electron chi connectivity index (χ0n) is 12.0. The monoisotopic (exact) mass is 274 g/mol. The predicted octanol–water partition coefficient (Wildman–Crippen LogP) is 2.02. The average molecular weight is 274 g/mol. The molecule has 2 aromatic heterocycles. The molecule has 0 fully saturated rings. The van der Waals surface area contributed by atoms with Crippen LogP contribution in [0.5, 0.6) is 0 Å². The molecule has 2 rings (SSSR count). The van der Waals surface area contributed by atoms with Crippen molar-refractivity contribution in [3.8, 4) is 0 Å². The van der Waals surface area contributed by atoms with E-state index in [0.29, 0.717) is 5.56 Å². The minimum absolute atomic E-state index is 0.229. The van der Waals surface area contributed by atoms with Crippen LogP contribution < -0.4 is 10.9 Å². The fourth-order valence-corrected chi connectivity index (χ4v) is 2.08. The van der Waals surface area contributed by atoms with E-state index in [-0.39, 0.29) is 17.5 Å². The van der Waals surface area contributed by atoms with Crippen molar-refractivity contribution in [2.75, 3.05) is 5.32 Å². The number of nitrogens with zero attached hydrogens (tertiary/aromatic N) is 2. The van der Waals surface area contributed by atoms with Crippen LogP contribution in [0, 0.1) is 13.8 Å². The molecule has 0 aromatic carbocycles. The number of aryl methyl sites for hydroxylation is 1. The minimum Gasteiger partial charge on any atom is -0.328 e. The van der Waals surface area contributed by atoms with E-state index in [2.05, 4.69) is 15.4 Å². The number of hydrogen-bond acceptors (Lipinski definition) is 3. The van der Waals surface area contributed by atoms with Crippen molar-refractivity contribution in [2.24, 2.45) is 0 Å². The normalized spacial score (nSPS) is 10.8. The number of nitrogens with one attached hydrogen (secondary N) is 2. The van der Waals surface area contributed by atoms with Crippen molar-refractivity contribution in [1.82, 2.24) is 14.8 Å². The van der Waals surface area contributed by atoms with Crippen molar-refractivity contribution in [1.29, 1.82) is 0 Å². The van der Waals surface area contributed by atoms with Gasteiger partial charge in [0, 0.05) is 18.3 Å². The van der Waals surface area contributed by atoms with E-state index in [4.69, 9.17) is 0 Å². The average Bonchev–Trinajstić information content (AvgIpc) is 2.67. The lowest BCUT2D eigenvalue weighted by Gasteiger charge is -2.09. The van der Waals surface area contributed by atoms with E-state index < -0.39 is 0 Å². The first-order valence-corrected chi connectivity index (χ1v) is 6.46. The van der Waals surface area contributed by atoms with Crippen LogP contribution >= 0.6 is 0 Å². The Kier molecular flexibility index (Phi) is 3.74. The maximum absolute atomic E-state index is 12.1. The number of carbonyl (C=O) groups excluding carboxylic acids is 1. The van der Waals surface area contributed by atoms with Crippen LogP contribution in [0.4, 0.5) is 5.69 Å². The summed E-state index contributed by atoms with van der Waals surface area (Å²) >= 11 is 0. The van der Waals surface area contributed by atoms with Gasteiger partial charge in [0.25, 0.3) is 5.91 Å². The molecule has 0 saturated carbocycles. The van der Waals surface area contributed by atoms with Crippen LogP contribution in [0.25, 0.3) is 0 Å². The number of pyridine rings is 1. The third-order valence-electron chi connectivity index (χ3n) is 3.10. The second kappa shape index (κ2) is 5.32. The molecule has 0 atom stereocenters. The van der Waals surface area contributed by atoms with Gasteiger partial charge in [-0.05, 0) is 33.8 Å². The summed E-state index contributed by atoms with van der Waals surface area (Å²) in [6, 6.07) is 3.05. The molecule has 106 valence electrons. The van der Waals surface area contributed by atoms with Gasteiger partial charge in [-0.15, -0.1) is 0 Å². The van der Waals surface area contributed by atoms with Gasteiger partial charge in [-0.1, -0.05) is 0 Å². The first-order valence-electron chi connectivity index (χ1n) is 6.46. The quantitative estimate of drug-likeness (QED) is 0.898. The fraction of sp³-hybridized carbons (Fsp3) is 0.357. The Morgan fingerprint density at radius 2 is 2.05 bits per heavy atom. The molecule has 6 nitrogen and oxygen atoms in total. The molecule has 0 aliphatic heterocycles. The Morgan fingerprint density at radius 1 is 1.35 bits per heavy atom. The number of carbonyl (C=O) groups is 1. The molecule has 0 aliphatic carbocycles. The second-order valence-corrected chi connectivity index (χ2v) is 4.98. The van der Waals surface area contributed by atoms with E-state index in [9.17, 15) is 9.59 Å². The number of aromatic nitrogens is 3. The van der Waals surface area contributed by atoms with Crippen LogP contribution in [-0.4, -0.2) is 20.7 Å². The largest absolute Gasteiger partial charge is 0.328 e. The molecule has 1 amide bonds. The zero-order valence-corrected chi connectivity index (χ0v) is 12.0. The van der Waals surface area contributed by atoms with Crippen LogP contribution in [0.15, 0.2) is 23.1 Å². The summed E-state index contributed by atoms with van der Waals surface area (Å²) < 4.78 is 1.87. The Hall–Kier alpha value is -2.37. The standard InChI is InChI=1S/C14H18N4O2/c1-8(2)18-10(4)13(9(3)17-18)16-14(20)11-5-6-12(19)15-7-11/h5-8H,1-4H3,(H,15,19)(H,16,20). The third-order valence-corrected chi connectivity index (χ3v) is 3.10. The van der Waals surface area contributed by atoms with E-state index in [1.54, 1.807) is 0 Å². The van der Waals surface area contributed by atoms with Crippen molar-refractivity contribution in [3.63, 3.8) is 0 Å². The molecule has 0 unspecified atom stereocenters. The van der Waals surface area contributed by atoms with Crippen molar-refractivity contribution in [3.05, 3.63) is 45.6 Å². The minimum atomic E-state index is -0.268. The predicted molar refractivity (Wildman–Crippen MR) is 77.1 cm³/mol. The van der Waals surface area contributed by atoms with Crippen molar-refractivity contribution in [2.45, 2.75) is 33.7 Å². The van der Waals surface area contributed by atoms with E-state index >= 15 is 0 Å². The first kappa shape index (κ1) is 14.0. The van der Waals surface area contributed by atoms with E-state index in [0.717, 1.165) is 17.1 Å². The SMILES string of the molecule is Cc1nn(C(C)C)c(C)c1NC(=O)c1ccc(=O)[nH]c1. The van der Waals surface area contributed by atoms with Gasteiger partial charge >= 0.3 is 0 Å². The number of rotatable bonds is 3. The highest BCUT2D eigenvalue weighted by Crippen LogP contribution is 2.22. The van der Waals surface area contributed by atoms with Gasteiger partial charge in [-0.3, -0.25) is 14.3 Å². The van der Waals surface area contributed by atoms with Crippen LogP contribution in [0.1, 0.15) is 41.6 Å². The lowest BCUT2D eigenvalue weighted by atomic mass is 10.2. The topological polar surface area (TPSA) is 79.8 Å². The summed E-state index contributed by atoms with van der Waals surface area (Å²) in [4.78, 5) is 25.6. The molecule has 20 heavy (non-hydrogen) atoms. The van der Waals surface area contributed by atoms with Crippen LogP contribution in [0.2, 0.25) is 0 Å². The molecule has 6 heteroatoms. The number of anilines is 1. The molecule has 2 aromatic rings. The summed E-state index contributed by atoms with van der Waals surface area (Å²) in [7, 11) is 0. The van der Waals surface area contributed by atoms with Gasteiger partial charge in [0.1, 0.15) is 0 Å². The number of amides is 1. The van der Waals surface area contributed by atoms with Crippen molar-refractivity contribution >= 4 is 11.6 Å². The molecule has 0 aliphatic rings. The molecule has 0 radical (unpaired) electrons. The number of aromatic amines is 1. The van der Waals surface area contributed by atoms with E-state index in [1.165, 1.54) is 18.3 Å². The Bertz CT molecular complexity index is 677. The molecule has 0 spiro atoms. The molecule has 2 heterocycles. The second-order valence-electron chi connectivity index (χ2n) is 4.98. The summed E-state index contributed by atoms with van der Waals surface area (Å²) in [6.07, 6.45) is 1.40. The zero-order chi connectivity index (χ0) is 14.9. The number of hydrogen-bond donors (Lipinski definition) is 2. The highest BCUT2D eigenvalue weighted by Gasteiger charge is 2.16. The fourth-order valence-electron chi connectivity index (χ4n) is 2.08. The Balaban J connectivity index is 2.28. The maximum Gasteiger partial charge on any atom is 0.257 e. The van der Waals surface area contributed by atoms with Crippen molar-refractivity contribution < 1.29 is 4.79 Å². The molecular formula is C14H18N4O2. The van der Waals surface area contributed by atoms with E-state index in [1.807, 2.05) is 32.4 Å². The van der Waals surface area contributed by atoms with Gasteiger partial charge in [0.05, 0.1) is 22.6 Å². The van der Waals surface area contributed by atoms with Crippen LogP contribution in [-0.2, 0) is 0 Å². The lowest BCUT2D eigenvalue weighted by molar-refractivity contribution is 0.102. The molecular weight excluding hydrogens is 256 g/mol. The Labute approximate surface area is 116 Å². The molecule has 2 N–H and O–H groups in total. The molecule has 0 bridgehead atoms. The summed E-state index contributed by atoms with van der Waals surface area (Å²) in [5.41, 5.74) is 2.57. The highest BCUT2D eigenvalue weighted by atomic mass is 16.1. The van der Waals surface area contributed by atoms with Crippen LogP contribution in [0.3, 0.4) is 0 Å². The summed E-state index contributed by atoms with van der Waals surface area (Å²) in [5, 5.41) is 7.26. The Morgan fingerprint density at radius 3 is 2.55 bits per heavy atom. The first-order chi connectivity index (χ1) is 9.40. The lowest BCUT2D eigenvalue weighted by Crippen LogP contribution is -2.15. The van der Waals surface area contributed by atoms with Gasteiger partial charge < -0.3 is 10.3 Å². The smallest absolute Gasteiger partial charge is 0.257 e. The van der Waals surface area contributed by atoms with Gasteiger partial charge in [0.2, 0.25) is 5.56 Å². The van der Waals surface area contributed by atoms with Gasteiger partial charge in [0.15, 0.2) is 0 Å². The third kappa shape index (κ3) is 2.64. The highest BCUT2D eigenvalue weighted by molar-refractivity contribution is 6.04. The van der Waals surface area contributed by atoms with Gasteiger partial charge in [-0.2, -0.15) is 5.10 Å². The van der Waals surface area contributed by atoms with Gasteiger partial charge in [-0.25, -0.2) is 0 Å². The summed E-state index contributed by atoms with van der Waals surface area (Å²) in [6.45, 7) is 7.84. The summed E-state index contributed by atoms with van der Waals surface area (Å²) in [5.74, 6) is -0.268.